The van der Waals surface area contributed by atoms with Crippen molar-refractivity contribution in [1.82, 2.24) is 14.6 Å². The average Bonchev–Trinajstić information content (AvgIpc) is 3.08. The number of halogens is 2. The number of anilines is 1. The van der Waals surface area contributed by atoms with E-state index < -0.39 is 11.5 Å². The van der Waals surface area contributed by atoms with E-state index in [4.69, 9.17) is 10.5 Å². The first-order valence-electron chi connectivity index (χ1n) is 9.49. The van der Waals surface area contributed by atoms with Crippen LogP contribution in [0.15, 0.2) is 73.5 Å². The monoisotopic (exact) mass is 410 g/mol. The zero-order valence-electron chi connectivity index (χ0n) is 16.8. The van der Waals surface area contributed by atoms with E-state index >= 15 is 4.39 Å². The molecule has 30 heavy (non-hydrogen) atoms. The van der Waals surface area contributed by atoms with Crippen LogP contribution in [0.4, 0.5) is 14.7 Å². The molecule has 5 nitrogen and oxygen atoms in total. The van der Waals surface area contributed by atoms with Gasteiger partial charge in [-0.15, -0.1) is 5.10 Å². The Bertz CT molecular complexity index is 1100. The Kier molecular flexibility index (Phi) is 6.30. The summed E-state index contributed by atoms with van der Waals surface area (Å²) in [5.41, 5.74) is 6.29. The third kappa shape index (κ3) is 4.92. The summed E-state index contributed by atoms with van der Waals surface area (Å²) < 4.78 is 36.9. The molecule has 0 aliphatic heterocycles. The molecule has 156 valence electrons. The highest BCUT2D eigenvalue weighted by atomic mass is 19.1. The predicted octanol–water partition coefficient (Wildman–Crippen LogP) is 5.30. The summed E-state index contributed by atoms with van der Waals surface area (Å²) in [6, 6.07) is 8.25. The minimum Gasteiger partial charge on any atom is -0.490 e. The number of allylic oxidation sites excluding steroid dienone is 4. The van der Waals surface area contributed by atoms with Crippen molar-refractivity contribution in [1.29, 1.82) is 0 Å². The summed E-state index contributed by atoms with van der Waals surface area (Å²) >= 11 is 0. The van der Waals surface area contributed by atoms with Gasteiger partial charge in [-0.2, -0.15) is 4.98 Å². The second-order valence-electron chi connectivity index (χ2n) is 7.18. The Morgan fingerprint density at radius 2 is 2.13 bits per heavy atom. The zero-order valence-corrected chi connectivity index (χ0v) is 16.8. The summed E-state index contributed by atoms with van der Waals surface area (Å²) in [5.74, 6) is -0.315. The summed E-state index contributed by atoms with van der Waals surface area (Å²) in [7, 11) is 0. The summed E-state index contributed by atoms with van der Waals surface area (Å²) in [5, 5.41) is 4.00. The number of rotatable bonds is 9. The van der Waals surface area contributed by atoms with E-state index in [-0.39, 0.29) is 31.1 Å². The van der Waals surface area contributed by atoms with Crippen molar-refractivity contribution >= 4 is 11.6 Å². The fourth-order valence-electron chi connectivity index (χ4n) is 3.15. The Morgan fingerprint density at radius 1 is 1.33 bits per heavy atom. The molecule has 0 fully saturated rings. The molecule has 0 saturated carbocycles. The third-order valence-electron chi connectivity index (χ3n) is 4.68. The third-order valence-corrected chi connectivity index (χ3v) is 4.68. The molecule has 0 aliphatic rings. The number of benzene rings is 1. The van der Waals surface area contributed by atoms with Crippen LogP contribution in [0.1, 0.15) is 19.8 Å². The maximum atomic E-state index is 15.0. The van der Waals surface area contributed by atoms with Crippen LogP contribution in [0.2, 0.25) is 0 Å². The Labute approximate surface area is 174 Å². The molecule has 0 aliphatic carbocycles. The highest BCUT2D eigenvalue weighted by molar-refractivity contribution is 5.69. The smallest absolute Gasteiger partial charge is 0.240 e. The van der Waals surface area contributed by atoms with E-state index in [1.165, 1.54) is 17.5 Å². The molecule has 1 atom stereocenters. The number of hydrogen-bond acceptors (Lipinski definition) is 4. The number of fused-ring (bicyclic) bond motifs is 1. The second-order valence-corrected chi connectivity index (χ2v) is 7.18. The molecular formula is C23H24F2N4O. The minimum absolute atomic E-state index is 0.0334. The number of aromatic nitrogens is 3. The van der Waals surface area contributed by atoms with E-state index in [0.29, 0.717) is 16.8 Å². The van der Waals surface area contributed by atoms with Crippen LogP contribution in [-0.4, -0.2) is 26.9 Å². The van der Waals surface area contributed by atoms with E-state index in [9.17, 15) is 4.39 Å². The van der Waals surface area contributed by atoms with E-state index in [2.05, 4.69) is 23.2 Å². The van der Waals surface area contributed by atoms with Crippen LogP contribution in [-0.2, 0) is 0 Å². The van der Waals surface area contributed by atoms with Crippen LogP contribution in [0.5, 0.6) is 5.75 Å². The normalized spacial score (nSPS) is 13.8. The minimum atomic E-state index is -1.52. The molecule has 3 rings (SSSR count). The van der Waals surface area contributed by atoms with Gasteiger partial charge in [-0.25, -0.2) is 13.3 Å². The SMILES string of the molecule is C=C/C=C(\C=C)CC(C)(F)CCOc1cccc(-c2ccn3nc(N)nc3c2)c1F. The van der Waals surface area contributed by atoms with Crippen molar-refractivity contribution in [3.8, 4) is 16.9 Å². The fraction of sp³-hybridized carbons (Fsp3) is 0.217. The molecule has 0 spiro atoms. The number of ether oxygens (including phenoxy) is 1. The first kappa shape index (κ1) is 21.2. The molecule has 2 heterocycles. The quantitative estimate of drug-likeness (QED) is 0.486. The first-order chi connectivity index (χ1) is 14.3. The second kappa shape index (κ2) is 8.90. The number of alkyl halides is 1. The summed E-state index contributed by atoms with van der Waals surface area (Å²) in [4.78, 5) is 4.09. The molecule has 2 aromatic heterocycles. The van der Waals surface area contributed by atoms with Crippen LogP contribution in [0.25, 0.3) is 16.8 Å². The maximum Gasteiger partial charge on any atom is 0.240 e. The lowest BCUT2D eigenvalue weighted by Crippen LogP contribution is -2.22. The van der Waals surface area contributed by atoms with Gasteiger partial charge in [0.25, 0.3) is 0 Å². The van der Waals surface area contributed by atoms with Gasteiger partial charge in [-0.05, 0) is 36.3 Å². The summed E-state index contributed by atoms with van der Waals surface area (Å²) in [6.45, 7) is 8.82. The Balaban J connectivity index is 1.72. The molecule has 0 saturated heterocycles. The van der Waals surface area contributed by atoms with Crippen molar-refractivity contribution in [3.63, 3.8) is 0 Å². The summed E-state index contributed by atoms with van der Waals surface area (Å²) in [6.07, 6.45) is 6.84. The lowest BCUT2D eigenvalue weighted by Gasteiger charge is -2.21. The first-order valence-corrected chi connectivity index (χ1v) is 9.49. The van der Waals surface area contributed by atoms with E-state index in [1.54, 1.807) is 48.7 Å². The number of nitrogen functional groups attached to an aromatic ring is 1. The van der Waals surface area contributed by atoms with Crippen molar-refractivity contribution < 1.29 is 13.5 Å². The largest absolute Gasteiger partial charge is 0.490 e. The highest BCUT2D eigenvalue weighted by Crippen LogP contribution is 2.31. The van der Waals surface area contributed by atoms with Gasteiger partial charge in [0.15, 0.2) is 17.2 Å². The fourth-order valence-corrected chi connectivity index (χ4v) is 3.15. The van der Waals surface area contributed by atoms with Gasteiger partial charge in [0.05, 0.1) is 6.61 Å². The molecule has 0 amide bonds. The van der Waals surface area contributed by atoms with Gasteiger partial charge in [0, 0.05) is 24.6 Å². The van der Waals surface area contributed by atoms with Gasteiger partial charge >= 0.3 is 0 Å². The van der Waals surface area contributed by atoms with Crippen molar-refractivity contribution in [2.75, 3.05) is 12.3 Å². The molecule has 0 bridgehead atoms. The molecule has 0 radical (unpaired) electrons. The topological polar surface area (TPSA) is 65.4 Å². The highest BCUT2D eigenvalue weighted by Gasteiger charge is 2.24. The zero-order chi connectivity index (χ0) is 21.7. The lowest BCUT2D eigenvalue weighted by molar-refractivity contribution is 0.140. The molecule has 2 N–H and O–H groups in total. The van der Waals surface area contributed by atoms with Gasteiger partial charge in [-0.1, -0.05) is 43.5 Å². The number of pyridine rings is 1. The number of hydrogen-bond donors (Lipinski definition) is 1. The molecular weight excluding hydrogens is 386 g/mol. The number of nitrogens with zero attached hydrogens (tertiary/aromatic N) is 3. The lowest BCUT2D eigenvalue weighted by atomic mass is 9.95. The number of nitrogens with two attached hydrogens (primary N) is 1. The maximum absolute atomic E-state index is 15.0. The molecule has 1 aromatic carbocycles. The Morgan fingerprint density at radius 3 is 2.87 bits per heavy atom. The van der Waals surface area contributed by atoms with Crippen LogP contribution in [0.3, 0.4) is 0 Å². The van der Waals surface area contributed by atoms with Gasteiger partial charge in [0.1, 0.15) is 5.67 Å². The van der Waals surface area contributed by atoms with Crippen molar-refractivity contribution in [2.45, 2.75) is 25.4 Å². The average molecular weight is 410 g/mol. The van der Waals surface area contributed by atoms with E-state index in [0.717, 1.165) is 5.57 Å². The van der Waals surface area contributed by atoms with Gasteiger partial charge in [0.2, 0.25) is 5.95 Å². The van der Waals surface area contributed by atoms with Crippen LogP contribution >= 0.6 is 0 Å². The van der Waals surface area contributed by atoms with Crippen molar-refractivity contribution in [2.24, 2.45) is 0 Å². The molecule has 1 unspecified atom stereocenters. The van der Waals surface area contributed by atoms with Gasteiger partial charge in [-0.3, -0.25) is 0 Å². The van der Waals surface area contributed by atoms with Crippen molar-refractivity contribution in [3.05, 3.63) is 79.3 Å². The molecule has 7 heteroatoms. The van der Waals surface area contributed by atoms with E-state index in [1.807, 2.05) is 0 Å². The Hall–Kier alpha value is -3.48. The molecule has 3 aromatic rings. The van der Waals surface area contributed by atoms with Gasteiger partial charge < -0.3 is 10.5 Å². The van der Waals surface area contributed by atoms with Crippen LogP contribution in [0, 0.1) is 5.82 Å². The van der Waals surface area contributed by atoms with Crippen LogP contribution < -0.4 is 10.5 Å². The standard InChI is InChI=1S/C23H24F2N4O/c1-4-7-16(5-2)15-23(3,25)11-13-30-19-9-6-8-18(21(19)24)17-10-12-29-20(14-17)27-22(26)28-29/h4-10,12,14H,1-2,11,13,15H2,3H3,(H2,26,28)/b16-7+. The predicted molar refractivity (Wildman–Crippen MR) is 116 cm³/mol.